The first kappa shape index (κ1) is 19.2. The van der Waals surface area contributed by atoms with Crippen molar-refractivity contribution in [2.24, 2.45) is 0 Å². The smallest absolute Gasteiger partial charge is 0.163 e. The van der Waals surface area contributed by atoms with Gasteiger partial charge in [0.15, 0.2) is 5.78 Å². The number of para-hydroxylation sites is 1. The molecule has 1 N–H and O–H groups in total. The van der Waals surface area contributed by atoms with Gasteiger partial charge >= 0.3 is 0 Å². The van der Waals surface area contributed by atoms with Gasteiger partial charge in [0.05, 0.1) is 32.7 Å². The lowest BCUT2D eigenvalue weighted by molar-refractivity contribution is -0.900. The van der Waals surface area contributed by atoms with Crippen LogP contribution in [0.15, 0.2) is 54.6 Å². The first-order valence-electron chi connectivity index (χ1n) is 11.1. The van der Waals surface area contributed by atoms with Crippen LogP contribution in [0.4, 0.5) is 5.69 Å². The summed E-state index contributed by atoms with van der Waals surface area (Å²) in [5.74, 6) is 1.03. The van der Waals surface area contributed by atoms with Gasteiger partial charge < -0.3 is 9.80 Å². The highest BCUT2D eigenvalue weighted by Crippen LogP contribution is 2.34. The molecule has 148 valence electrons. The lowest BCUT2D eigenvalue weighted by Crippen LogP contribution is -3.14. The van der Waals surface area contributed by atoms with Gasteiger partial charge in [-0.15, -0.1) is 0 Å². The van der Waals surface area contributed by atoms with Gasteiger partial charge in [0.25, 0.3) is 0 Å². The second kappa shape index (κ2) is 9.38. The van der Waals surface area contributed by atoms with Crippen molar-refractivity contribution >= 4 is 11.5 Å². The Hall–Kier alpha value is -2.13. The van der Waals surface area contributed by atoms with Gasteiger partial charge in [-0.1, -0.05) is 55.3 Å². The van der Waals surface area contributed by atoms with Gasteiger partial charge in [-0.2, -0.15) is 0 Å². The number of Topliss-reactive ketones (excluding diaryl/α,β-unsaturated/α-hetero) is 1. The fourth-order valence-corrected chi connectivity index (χ4v) is 4.81. The van der Waals surface area contributed by atoms with Crippen LogP contribution in [0.1, 0.15) is 60.4 Å². The van der Waals surface area contributed by atoms with E-state index in [1.165, 1.54) is 50.0 Å². The SMILES string of the molecule is O=C(CCC[NH+]1CCN(c2ccccc2)CC1)c1ccc(C2CCCC2)cc1. The molecule has 4 rings (SSSR count). The van der Waals surface area contributed by atoms with E-state index in [1.807, 2.05) is 0 Å². The highest BCUT2D eigenvalue weighted by atomic mass is 16.1. The van der Waals surface area contributed by atoms with Crippen LogP contribution < -0.4 is 9.80 Å². The number of carbonyl (C=O) groups is 1. The molecule has 0 atom stereocenters. The molecule has 2 aliphatic rings. The van der Waals surface area contributed by atoms with E-state index in [1.54, 1.807) is 4.90 Å². The number of hydrogen-bond donors (Lipinski definition) is 1. The number of nitrogens with one attached hydrogen (secondary N) is 1. The van der Waals surface area contributed by atoms with Crippen molar-refractivity contribution in [3.63, 3.8) is 0 Å². The van der Waals surface area contributed by atoms with Crippen molar-refractivity contribution in [2.75, 3.05) is 37.6 Å². The Kier molecular flexibility index (Phi) is 6.43. The molecule has 0 bridgehead atoms. The summed E-state index contributed by atoms with van der Waals surface area (Å²) in [6, 6.07) is 19.2. The summed E-state index contributed by atoms with van der Waals surface area (Å²) < 4.78 is 0. The fourth-order valence-electron chi connectivity index (χ4n) is 4.81. The zero-order chi connectivity index (χ0) is 19.2. The van der Waals surface area contributed by atoms with Crippen LogP contribution in [-0.2, 0) is 0 Å². The average molecular weight is 378 g/mol. The summed E-state index contributed by atoms with van der Waals surface area (Å²) in [6.45, 7) is 5.65. The van der Waals surface area contributed by atoms with Gasteiger partial charge in [-0.3, -0.25) is 4.79 Å². The van der Waals surface area contributed by atoms with Gasteiger partial charge in [-0.25, -0.2) is 0 Å². The summed E-state index contributed by atoms with van der Waals surface area (Å²) in [4.78, 5) is 16.6. The lowest BCUT2D eigenvalue weighted by Gasteiger charge is -2.33. The molecule has 3 nitrogen and oxygen atoms in total. The molecular weight excluding hydrogens is 344 g/mol. The zero-order valence-corrected chi connectivity index (χ0v) is 16.9. The fraction of sp³-hybridized carbons (Fsp3) is 0.480. The molecule has 0 radical (unpaired) electrons. The minimum absolute atomic E-state index is 0.306. The van der Waals surface area contributed by atoms with Gasteiger partial charge in [0.2, 0.25) is 0 Å². The molecule has 3 heteroatoms. The predicted octanol–water partition coefficient (Wildman–Crippen LogP) is 3.71. The highest BCUT2D eigenvalue weighted by Gasteiger charge is 2.20. The third-order valence-electron chi connectivity index (χ3n) is 6.59. The molecule has 28 heavy (non-hydrogen) atoms. The molecule has 0 amide bonds. The van der Waals surface area contributed by atoms with Crippen LogP contribution in [0.5, 0.6) is 0 Å². The van der Waals surface area contributed by atoms with Crippen LogP contribution in [0.25, 0.3) is 0 Å². The third-order valence-corrected chi connectivity index (χ3v) is 6.59. The monoisotopic (exact) mass is 377 g/mol. The maximum Gasteiger partial charge on any atom is 0.163 e. The molecule has 0 unspecified atom stereocenters. The molecule has 2 aromatic carbocycles. The molecule has 1 heterocycles. The van der Waals surface area contributed by atoms with Crippen LogP contribution >= 0.6 is 0 Å². The molecule has 2 aromatic rings. The summed E-state index contributed by atoms with van der Waals surface area (Å²) in [5, 5.41) is 0. The van der Waals surface area contributed by atoms with Gasteiger partial charge in [-0.05, 0) is 36.5 Å². The lowest BCUT2D eigenvalue weighted by atomic mass is 9.95. The zero-order valence-electron chi connectivity index (χ0n) is 16.9. The van der Waals surface area contributed by atoms with Crippen molar-refractivity contribution in [1.82, 2.24) is 0 Å². The predicted molar refractivity (Wildman–Crippen MR) is 115 cm³/mol. The van der Waals surface area contributed by atoms with Crippen molar-refractivity contribution in [2.45, 2.75) is 44.4 Å². The maximum atomic E-state index is 12.5. The quantitative estimate of drug-likeness (QED) is 0.744. The van der Waals surface area contributed by atoms with E-state index in [0.717, 1.165) is 37.5 Å². The number of benzene rings is 2. The Morgan fingerprint density at radius 2 is 1.61 bits per heavy atom. The number of nitrogens with zero attached hydrogens (tertiary/aromatic N) is 1. The molecule has 0 spiro atoms. The maximum absolute atomic E-state index is 12.5. The number of rotatable bonds is 7. The van der Waals surface area contributed by atoms with E-state index in [9.17, 15) is 4.79 Å². The van der Waals surface area contributed by atoms with E-state index in [-0.39, 0.29) is 0 Å². The average Bonchev–Trinajstić information content (AvgIpc) is 3.30. The number of carbonyl (C=O) groups excluding carboxylic acids is 1. The summed E-state index contributed by atoms with van der Waals surface area (Å²) in [7, 11) is 0. The van der Waals surface area contributed by atoms with Crippen LogP contribution in [-0.4, -0.2) is 38.5 Å². The van der Waals surface area contributed by atoms with E-state index < -0.39 is 0 Å². The Morgan fingerprint density at radius 3 is 2.29 bits per heavy atom. The van der Waals surface area contributed by atoms with E-state index in [0.29, 0.717) is 12.2 Å². The Labute approximate surface area is 169 Å². The van der Waals surface area contributed by atoms with Crippen LogP contribution in [0.3, 0.4) is 0 Å². The van der Waals surface area contributed by atoms with Gasteiger partial charge in [0.1, 0.15) is 0 Å². The Bertz CT molecular complexity index is 742. The highest BCUT2D eigenvalue weighted by molar-refractivity contribution is 5.96. The number of hydrogen-bond acceptors (Lipinski definition) is 2. The largest absolute Gasteiger partial charge is 0.360 e. The molecule has 0 aromatic heterocycles. The van der Waals surface area contributed by atoms with E-state index in [2.05, 4.69) is 59.5 Å². The first-order chi connectivity index (χ1) is 13.8. The molecule has 1 aliphatic carbocycles. The van der Waals surface area contributed by atoms with Crippen LogP contribution in [0, 0.1) is 0 Å². The minimum atomic E-state index is 0.306. The Balaban J connectivity index is 1.18. The minimum Gasteiger partial charge on any atom is -0.360 e. The van der Waals surface area contributed by atoms with Crippen molar-refractivity contribution in [3.05, 3.63) is 65.7 Å². The summed E-state index contributed by atoms with van der Waals surface area (Å²) in [6.07, 6.45) is 7.00. The number of piperazine rings is 1. The van der Waals surface area contributed by atoms with E-state index in [4.69, 9.17) is 0 Å². The van der Waals surface area contributed by atoms with Crippen molar-refractivity contribution in [1.29, 1.82) is 0 Å². The van der Waals surface area contributed by atoms with E-state index >= 15 is 0 Å². The molecule has 2 fully saturated rings. The molecule has 1 saturated carbocycles. The van der Waals surface area contributed by atoms with Crippen LogP contribution in [0.2, 0.25) is 0 Å². The molecule has 1 aliphatic heterocycles. The second-order valence-corrected chi connectivity index (χ2v) is 8.45. The topological polar surface area (TPSA) is 24.8 Å². The number of anilines is 1. The first-order valence-corrected chi connectivity index (χ1v) is 11.1. The van der Waals surface area contributed by atoms with Gasteiger partial charge in [0, 0.05) is 24.1 Å². The molecular formula is C25H33N2O+. The number of ketones is 1. The van der Waals surface area contributed by atoms with Crippen molar-refractivity contribution in [3.8, 4) is 0 Å². The third kappa shape index (κ3) is 4.82. The standard InChI is InChI=1S/C25H32N2O/c28-25(23-14-12-22(13-15-23)21-7-4-5-8-21)11-6-16-26-17-19-27(20-18-26)24-9-2-1-3-10-24/h1-3,9-10,12-15,21H,4-8,11,16-20H2/p+1. The Morgan fingerprint density at radius 1 is 0.929 bits per heavy atom. The number of quaternary nitrogens is 1. The van der Waals surface area contributed by atoms with Crippen molar-refractivity contribution < 1.29 is 9.69 Å². The summed E-state index contributed by atoms with van der Waals surface area (Å²) in [5.41, 5.74) is 3.65. The summed E-state index contributed by atoms with van der Waals surface area (Å²) >= 11 is 0. The molecule has 1 saturated heterocycles. The second-order valence-electron chi connectivity index (χ2n) is 8.45. The normalized spacial score (nSPS) is 18.5.